The van der Waals surface area contributed by atoms with Crippen LogP contribution in [0, 0.1) is 0 Å². The number of nitrogens with zero attached hydrogens (tertiary/aromatic N) is 1. The molecule has 0 spiro atoms. The molecule has 1 unspecified atom stereocenters. The Bertz CT molecular complexity index is 160. The second-order valence-corrected chi connectivity index (χ2v) is 2.79. The van der Waals surface area contributed by atoms with E-state index in [0.29, 0.717) is 0 Å². The Kier molecular flexibility index (Phi) is 2.19. The average Bonchev–Trinajstić information content (AvgIpc) is 2.37. The molecule has 1 heterocycles. The molecule has 1 atom stereocenters. The lowest BCUT2D eigenvalue weighted by Crippen LogP contribution is -2.05. The fourth-order valence-electron chi connectivity index (χ4n) is 0.618. The molecule has 0 aliphatic heterocycles. The van der Waals surface area contributed by atoms with Crippen molar-refractivity contribution in [2.45, 2.75) is 19.4 Å². The number of aromatic nitrogens is 1. The average molecular weight is 142 g/mol. The minimum absolute atomic E-state index is 0.192. The molecule has 0 amide bonds. The summed E-state index contributed by atoms with van der Waals surface area (Å²) in [4.78, 5) is 1.18. The van der Waals surface area contributed by atoms with Gasteiger partial charge in [0.25, 0.3) is 0 Å². The summed E-state index contributed by atoms with van der Waals surface area (Å²) in [7, 11) is 0. The maximum absolute atomic E-state index is 5.71. The van der Waals surface area contributed by atoms with Gasteiger partial charge < -0.3 is 5.73 Å². The van der Waals surface area contributed by atoms with Gasteiger partial charge in [0.15, 0.2) is 0 Å². The Balaban J connectivity index is 2.65. The second-order valence-electron chi connectivity index (χ2n) is 1.93. The van der Waals surface area contributed by atoms with E-state index < -0.39 is 0 Å². The van der Waals surface area contributed by atoms with Crippen LogP contribution < -0.4 is 5.73 Å². The van der Waals surface area contributed by atoms with Crippen molar-refractivity contribution in [3.05, 3.63) is 17.1 Å². The van der Waals surface area contributed by atoms with E-state index in [0.717, 1.165) is 6.42 Å². The standard InChI is InChI=1S/C6H10N2S/c1-2-5(7)6-3-4-8-9-6/h3-5H,2,7H2,1H3. The van der Waals surface area contributed by atoms with Crippen LogP contribution in [0.2, 0.25) is 0 Å². The Labute approximate surface area is 58.9 Å². The summed E-state index contributed by atoms with van der Waals surface area (Å²) in [5.74, 6) is 0. The topological polar surface area (TPSA) is 38.9 Å². The van der Waals surface area contributed by atoms with Crippen LogP contribution in [0.3, 0.4) is 0 Å². The van der Waals surface area contributed by atoms with Gasteiger partial charge in [-0.1, -0.05) is 6.92 Å². The van der Waals surface area contributed by atoms with Crippen LogP contribution in [-0.4, -0.2) is 4.37 Å². The van der Waals surface area contributed by atoms with Gasteiger partial charge in [-0.15, -0.1) is 0 Å². The molecule has 9 heavy (non-hydrogen) atoms. The molecule has 2 nitrogen and oxygen atoms in total. The van der Waals surface area contributed by atoms with E-state index in [-0.39, 0.29) is 6.04 Å². The molecule has 0 aliphatic rings. The quantitative estimate of drug-likeness (QED) is 0.680. The molecule has 0 saturated carbocycles. The van der Waals surface area contributed by atoms with E-state index in [9.17, 15) is 0 Å². The van der Waals surface area contributed by atoms with E-state index in [1.165, 1.54) is 16.4 Å². The first-order valence-electron chi connectivity index (χ1n) is 3.00. The minimum atomic E-state index is 0.192. The van der Waals surface area contributed by atoms with Crippen LogP contribution in [0.5, 0.6) is 0 Å². The van der Waals surface area contributed by atoms with Crippen molar-refractivity contribution in [1.29, 1.82) is 0 Å². The van der Waals surface area contributed by atoms with Crippen molar-refractivity contribution >= 4 is 11.5 Å². The third kappa shape index (κ3) is 1.50. The highest BCUT2D eigenvalue weighted by Gasteiger charge is 2.02. The molecule has 2 N–H and O–H groups in total. The van der Waals surface area contributed by atoms with Crippen LogP contribution in [0.4, 0.5) is 0 Å². The monoisotopic (exact) mass is 142 g/mol. The van der Waals surface area contributed by atoms with Gasteiger partial charge in [0.1, 0.15) is 0 Å². The molecule has 0 aromatic carbocycles. The molecule has 0 bridgehead atoms. The fourth-order valence-corrected chi connectivity index (χ4v) is 1.29. The largest absolute Gasteiger partial charge is 0.323 e. The Morgan fingerprint density at radius 2 is 2.67 bits per heavy atom. The van der Waals surface area contributed by atoms with Crippen LogP contribution in [0.1, 0.15) is 24.3 Å². The van der Waals surface area contributed by atoms with Gasteiger partial charge in [-0.25, -0.2) is 4.37 Å². The predicted molar refractivity (Wildman–Crippen MR) is 39.3 cm³/mol. The maximum Gasteiger partial charge on any atom is 0.0419 e. The van der Waals surface area contributed by atoms with E-state index in [1.54, 1.807) is 6.20 Å². The summed E-state index contributed by atoms with van der Waals surface area (Å²) in [6.45, 7) is 2.07. The van der Waals surface area contributed by atoms with Crippen molar-refractivity contribution in [2.75, 3.05) is 0 Å². The summed E-state index contributed by atoms with van der Waals surface area (Å²) >= 11 is 1.48. The Hall–Kier alpha value is -0.410. The molecule has 0 radical (unpaired) electrons. The molecule has 0 fully saturated rings. The van der Waals surface area contributed by atoms with Gasteiger partial charge in [0.05, 0.1) is 0 Å². The zero-order valence-corrected chi connectivity index (χ0v) is 6.19. The normalized spacial score (nSPS) is 13.6. The number of hydrogen-bond donors (Lipinski definition) is 1. The van der Waals surface area contributed by atoms with Gasteiger partial charge in [-0.2, -0.15) is 0 Å². The zero-order chi connectivity index (χ0) is 6.69. The maximum atomic E-state index is 5.71. The van der Waals surface area contributed by atoms with E-state index in [2.05, 4.69) is 11.3 Å². The minimum Gasteiger partial charge on any atom is -0.323 e. The summed E-state index contributed by atoms with van der Waals surface area (Å²) in [6, 6.07) is 2.16. The molecule has 50 valence electrons. The summed E-state index contributed by atoms with van der Waals surface area (Å²) in [5.41, 5.74) is 5.71. The van der Waals surface area contributed by atoms with Gasteiger partial charge in [-0.05, 0) is 24.0 Å². The molecular formula is C6H10N2S. The van der Waals surface area contributed by atoms with E-state index in [1.807, 2.05) is 6.07 Å². The van der Waals surface area contributed by atoms with E-state index in [4.69, 9.17) is 5.73 Å². The summed E-state index contributed by atoms with van der Waals surface area (Å²) < 4.78 is 3.95. The van der Waals surface area contributed by atoms with E-state index >= 15 is 0 Å². The van der Waals surface area contributed by atoms with Crippen molar-refractivity contribution in [3.8, 4) is 0 Å². The third-order valence-corrected chi connectivity index (χ3v) is 2.14. The smallest absolute Gasteiger partial charge is 0.0419 e. The first kappa shape index (κ1) is 6.71. The predicted octanol–water partition coefficient (Wildman–Crippen LogP) is 1.55. The molecule has 1 rings (SSSR count). The van der Waals surface area contributed by atoms with Crippen LogP contribution in [0.15, 0.2) is 12.3 Å². The highest BCUT2D eigenvalue weighted by atomic mass is 32.1. The second kappa shape index (κ2) is 2.94. The summed E-state index contributed by atoms with van der Waals surface area (Å²) in [6.07, 6.45) is 2.78. The van der Waals surface area contributed by atoms with Crippen molar-refractivity contribution < 1.29 is 0 Å². The lowest BCUT2D eigenvalue weighted by atomic mass is 10.2. The lowest BCUT2D eigenvalue weighted by molar-refractivity contribution is 0.712. The number of rotatable bonds is 2. The third-order valence-electron chi connectivity index (χ3n) is 1.26. The van der Waals surface area contributed by atoms with Gasteiger partial charge in [0, 0.05) is 17.1 Å². The number of hydrogen-bond acceptors (Lipinski definition) is 3. The van der Waals surface area contributed by atoms with Crippen LogP contribution in [-0.2, 0) is 0 Å². The Morgan fingerprint density at radius 1 is 1.89 bits per heavy atom. The van der Waals surface area contributed by atoms with Gasteiger partial charge in [-0.3, -0.25) is 0 Å². The first-order chi connectivity index (χ1) is 4.34. The molecular weight excluding hydrogens is 132 g/mol. The van der Waals surface area contributed by atoms with Gasteiger partial charge in [0.2, 0.25) is 0 Å². The zero-order valence-electron chi connectivity index (χ0n) is 5.37. The van der Waals surface area contributed by atoms with Crippen molar-refractivity contribution in [1.82, 2.24) is 4.37 Å². The lowest BCUT2D eigenvalue weighted by Gasteiger charge is -2.01. The van der Waals surface area contributed by atoms with Crippen LogP contribution in [0.25, 0.3) is 0 Å². The number of nitrogens with two attached hydrogens (primary N) is 1. The summed E-state index contributed by atoms with van der Waals surface area (Å²) in [5, 5.41) is 0. The van der Waals surface area contributed by atoms with Gasteiger partial charge >= 0.3 is 0 Å². The van der Waals surface area contributed by atoms with Crippen LogP contribution >= 0.6 is 11.5 Å². The highest BCUT2D eigenvalue weighted by molar-refractivity contribution is 7.05. The molecule has 1 aromatic rings. The molecule has 0 saturated heterocycles. The molecule has 0 aliphatic carbocycles. The SMILES string of the molecule is CCC(N)c1ccns1. The Morgan fingerprint density at radius 3 is 3.11 bits per heavy atom. The molecule has 1 aromatic heterocycles. The highest BCUT2D eigenvalue weighted by Crippen LogP contribution is 2.15. The first-order valence-corrected chi connectivity index (χ1v) is 3.78. The van der Waals surface area contributed by atoms with Crippen molar-refractivity contribution in [2.24, 2.45) is 5.73 Å². The fraction of sp³-hybridized carbons (Fsp3) is 0.500. The molecule has 3 heteroatoms. The van der Waals surface area contributed by atoms with Crippen molar-refractivity contribution in [3.63, 3.8) is 0 Å².